The van der Waals surface area contributed by atoms with Crippen LogP contribution in [-0.2, 0) is 0 Å². The van der Waals surface area contributed by atoms with Crippen LogP contribution in [0.1, 0.15) is 9.67 Å². The van der Waals surface area contributed by atoms with Crippen LogP contribution < -0.4 is 10.1 Å². The number of aromatic nitrogens is 1. The van der Waals surface area contributed by atoms with Crippen LogP contribution in [0.4, 0.5) is 0 Å². The van der Waals surface area contributed by atoms with Gasteiger partial charge in [0.15, 0.2) is 0 Å². The third-order valence-corrected chi connectivity index (χ3v) is 3.84. The zero-order valence-electron chi connectivity index (χ0n) is 11.3. The van der Waals surface area contributed by atoms with E-state index in [0.717, 1.165) is 16.7 Å². The lowest BCUT2D eigenvalue weighted by molar-refractivity contribution is 0.0951. The fourth-order valence-electron chi connectivity index (χ4n) is 1.97. The van der Waals surface area contributed by atoms with Crippen LogP contribution >= 0.6 is 11.3 Å². The van der Waals surface area contributed by atoms with E-state index in [9.17, 15) is 4.79 Å². The number of hydrogen-bond acceptors (Lipinski definition) is 4. The number of thiophene rings is 1. The molecule has 5 heteroatoms. The second kappa shape index (κ2) is 6.37. The Bertz CT molecular complexity index is 741. The predicted octanol–water partition coefficient (Wildman–Crippen LogP) is 3.11. The molecular formula is C16H14N2O2S. The molecule has 21 heavy (non-hydrogen) atoms. The lowest BCUT2D eigenvalue weighted by Crippen LogP contribution is -2.27. The first-order chi connectivity index (χ1) is 10.3. The van der Waals surface area contributed by atoms with Crippen molar-refractivity contribution >= 4 is 28.1 Å². The fraction of sp³-hybridized carbons (Fsp3) is 0.125. The number of nitrogens with one attached hydrogen (secondary N) is 1. The molecule has 0 aliphatic heterocycles. The predicted molar refractivity (Wildman–Crippen MR) is 83.9 cm³/mol. The third kappa shape index (κ3) is 3.38. The van der Waals surface area contributed by atoms with Crippen molar-refractivity contribution in [3.05, 3.63) is 58.9 Å². The molecule has 1 N–H and O–H groups in total. The highest BCUT2D eigenvalue weighted by atomic mass is 32.1. The number of nitrogens with zero attached hydrogens (tertiary/aromatic N) is 1. The molecule has 0 unspecified atom stereocenters. The van der Waals surface area contributed by atoms with E-state index in [-0.39, 0.29) is 5.91 Å². The summed E-state index contributed by atoms with van der Waals surface area (Å²) in [4.78, 5) is 16.7. The van der Waals surface area contributed by atoms with Crippen LogP contribution in [0.25, 0.3) is 10.9 Å². The number of fused-ring (bicyclic) bond motifs is 1. The highest BCUT2D eigenvalue weighted by molar-refractivity contribution is 7.12. The molecule has 3 rings (SSSR count). The van der Waals surface area contributed by atoms with E-state index in [2.05, 4.69) is 10.3 Å². The van der Waals surface area contributed by atoms with Crippen molar-refractivity contribution in [2.45, 2.75) is 0 Å². The molecular weight excluding hydrogens is 284 g/mol. The molecule has 1 amide bonds. The average molecular weight is 298 g/mol. The summed E-state index contributed by atoms with van der Waals surface area (Å²) in [6, 6.07) is 13.3. The number of carbonyl (C=O) groups is 1. The average Bonchev–Trinajstić information content (AvgIpc) is 3.06. The Hall–Kier alpha value is -2.40. The summed E-state index contributed by atoms with van der Waals surface area (Å²) in [6.07, 6.45) is 1.77. The van der Waals surface area contributed by atoms with Crippen molar-refractivity contribution in [3.8, 4) is 5.75 Å². The maximum Gasteiger partial charge on any atom is 0.261 e. The van der Waals surface area contributed by atoms with Crippen molar-refractivity contribution in [2.24, 2.45) is 0 Å². The van der Waals surface area contributed by atoms with E-state index in [1.165, 1.54) is 11.3 Å². The van der Waals surface area contributed by atoms with Crippen molar-refractivity contribution in [2.75, 3.05) is 13.2 Å². The van der Waals surface area contributed by atoms with E-state index >= 15 is 0 Å². The second-order valence-electron chi connectivity index (χ2n) is 4.44. The van der Waals surface area contributed by atoms with E-state index in [0.29, 0.717) is 18.0 Å². The maximum absolute atomic E-state index is 11.7. The van der Waals surface area contributed by atoms with Gasteiger partial charge < -0.3 is 10.1 Å². The molecule has 106 valence electrons. The van der Waals surface area contributed by atoms with Gasteiger partial charge in [-0.05, 0) is 35.7 Å². The van der Waals surface area contributed by atoms with Crippen molar-refractivity contribution in [1.82, 2.24) is 10.3 Å². The molecule has 4 nitrogen and oxygen atoms in total. The quantitative estimate of drug-likeness (QED) is 0.736. The first-order valence-corrected chi connectivity index (χ1v) is 7.50. The minimum absolute atomic E-state index is 0.0590. The van der Waals surface area contributed by atoms with Gasteiger partial charge >= 0.3 is 0 Å². The van der Waals surface area contributed by atoms with Gasteiger partial charge in [0.1, 0.15) is 12.4 Å². The fourth-order valence-corrected chi connectivity index (χ4v) is 2.61. The molecule has 0 radical (unpaired) electrons. The molecule has 0 saturated heterocycles. The molecule has 0 saturated carbocycles. The highest BCUT2D eigenvalue weighted by Gasteiger charge is 2.05. The molecule has 2 aromatic heterocycles. The number of pyridine rings is 1. The largest absolute Gasteiger partial charge is 0.492 e. The number of ether oxygens (including phenoxy) is 1. The third-order valence-electron chi connectivity index (χ3n) is 2.98. The summed E-state index contributed by atoms with van der Waals surface area (Å²) >= 11 is 1.43. The van der Waals surface area contributed by atoms with Gasteiger partial charge in [-0.3, -0.25) is 9.78 Å². The molecule has 0 aliphatic carbocycles. The lowest BCUT2D eigenvalue weighted by Gasteiger charge is -2.08. The van der Waals surface area contributed by atoms with Crippen LogP contribution in [0, 0.1) is 0 Å². The number of benzene rings is 1. The standard InChI is InChI=1S/C16H14N2O2S/c19-16(15-4-2-10-21-15)18-8-9-20-13-5-6-14-12(11-13)3-1-7-17-14/h1-7,10-11H,8-9H2,(H,18,19). The topological polar surface area (TPSA) is 51.2 Å². The molecule has 0 atom stereocenters. The molecule has 1 aromatic carbocycles. The van der Waals surface area contributed by atoms with Crippen LogP contribution in [0.15, 0.2) is 54.0 Å². The van der Waals surface area contributed by atoms with E-state index in [4.69, 9.17) is 4.74 Å². The highest BCUT2D eigenvalue weighted by Crippen LogP contribution is 2.18. The summed E-state index contributed by atoms with van der Waals surface area (Å²) < 4.78 is 5.64. The number of carbonyl (C=O) groups excluding carboxylic acids is 1. The normalized spacial score (nSPS) is 10.5. The summed E-state index contributed by atoms with van der Waals surface area (Å²) in [5.74, 6) is 0.720. The molecule has 2 heterocycles. The van der Waals surface area contributed by atoms with Crippen molar-refractivity contribution in [3.63, 3.8) is 0 Å². The zero-order valence-corrected chi connectivity index (χ0v) is 12.1. The van der Waals surface area contributed by atoms with Gasteiger partial charge in [0.25, 0.3) is 5.91 Å². The smallest absolute Gasteiger partial charge is 0.261 e. The van der Waals surface area contributed by atoms with Gasteiger partial charge in [0.2, 0.25) is 0 Å². The SMILES string of the molecule is O=C(NCCOc1ccc2ncccc2c1)c1cccs1. The van der Waals surface area contributed by atoms with Crippen LogP contribution in [0.3, 0.4) is 0 Å². The Morgan fingerprint density at radius 3 is 3.05 bits per heavy atom. The number of rotatable bonds is 5. The van der Waals surface area contributed by atoms with Crippen molar-refractivity contribution in [1.29, 1.82) is 0 Å². The Morgan fingerprint density at radius 1 is 1.24 bits per heavy atom. The lowest BCUT2D eigenvalue weighted by atomic mass is 10.2. The number of hydrogen-bond donors (Lipinski definition) is 1. The monoisotopic (exact) mass is 298 g/mol. The zero-order chi connectivity index (χ0) is 14.5. The molecule has 0 spiro atoms. The summed E-state index contributed by atoms with van der Waals surface area (Å²) in [7, 11) is 0. The minimum atomic E-state index is -0.0590. The van der Waals surface area contributed by atoms with E-state index in [1.54, 1.807) is 12.3 Å². The Kier molecular flexibility index (Phi) is 4.12. The first kappa shape index (κ1) is 13.6. The van der Waals surface area contributed by atoms with Gasteiger partial charge in [0.05, 0.1) is 16.9 Å². The molecule has 0 bridgehead atoms. The van der Waals surface area contributed by atoms with Gasteiger partial charge in [-0.2, -0.15) is 0 Å². The summed E-state index contributed by atoms with van der Waals surface area (Å²) in [5, 5.41) is 5.75. The molecule has 0 aliphatic rings. The molecule has 0 fully saturated rings. The summed E-state index contributed by atoms with van der Waals surface area (Å²) in [5.41, 5.74) is 0.941. The van der Waals surface area contributed by atoms with Gasteiger partial charge in [-0.25, -0.2) is 0 Å². The maximum atomic E-state index is 11.7. The van der Waals surface area contributed by atoms with Crippen LogP contribution in [0.5, 0.6) is 5.75 Å². The Morgan fingerprint density at radius 2 is 2.19 bits per heavy atom. The summed E-state index contributed by atoms with van der Waals surface area (Å²) in [6.45, 7) is 0.907. The van der Waals surface area contributed by atoms with E-state index < -0.39 is 0 Å². The minimum Gasteiger partial charge on any atom is -0.492 e. The number of amides is 1. The molecule has 3 aromatic rings. The Labute approximate surface area is 126 Å². The van der Waals surface area contributed by atoms with E-state index in [1.807, 2.05) is 41.8 Å². The van der Waals surface area contributed by atoms with Crippen LogP contribution in [0.2, 0.25) is 0 Å². The first-order valence-electron chi connectivity index (χ1n) is 6.62. The van der Waals surface area contributed by atoms with Gasteiger partial charge in [0, 0.05) is 11.6 Å². The van der Waals surface area contributed by atoms with Gasteiger partial charge in [-0.1, -0.05) is 12.1 Å². The van der Waals surface area contributed by atoms with Crippen LogP contribution in [-0.4, -0.2) is 24.0 Å². The second-order valence-corrected chi connectivity index (χ2v) is 5.39. The Balaban J connectivity index is 1.51. The van der Waals surface area contributed by atoms with Crippen molar-refractivity contribution < 1.29 is 9.53 Å². The van der Waals surface area contributed by atoms with Gasteiger partial charge in [-0.15, -0.1) is 11.3 Å².